The molecule has 1 unspecified atom stereocenters. The lowest BCUT2D eigenvalue weighted by molar-refractivity contribution is -0.143. The van der Waals surface area contributed by atoms with E-state index < -0.39 is 21.7 Å². The van der Waals surface area contributed by atoms with Crippen molar-refractivity contribution in [2.24, 2.45) is 0 Å². The standard InChI is InChI=1S/C10H20N2O4S2/c1-3-4-6-12(2)18(15,16)11-10(9(13)14)5-7-17-8-10/h11H,3-8H2,1-2H3,(H,13,14). The molecular weight excluding hydrogens is 276 g/mol. The SMILES string of the molecule is CCCCN(C)S(=O)(=O)NC1(C(=O)O)CCSC1. The Kier molecular flexibility index (Phi) is 5.45. The number of carboxylic acid groups (broad SMARTS) is 1. The molecule has 8 heteroatoms. The number of nitrogens with zero attached hydrogens (tertiary/aromatic N) is 1. The molecule has 0 aromatic heterocycles. The lowest BCUT2D eigenvalue weighted by Gasteiger charge is -2.27. The van der Waals surface area contributed by atoms with Crippen molar-refractivity contribution in [1.29, 1.82) is 0 Å². The van der Waals surface area contributed by atoms with Gasteiger partial charge in [-0.3, -0.25) is 4.79 Å². The second kappa shape index (κ2) is 6.23. The summed E-state index contributed by atoms with van der Waals surface area (Å²) in [5.74, 6) is -0.156. The van der Waals surface area contributed by atoms with Gasteiger partial charge in [0, 0.05) is 19.3 Å². The van der Waals surface area contributed by atoms with Crippen LogP contribution in [0.5, 0.6) is 0 Å². The van der Waals surface area contributed by atoms with Crippen LogP contribution in [0.4, 0.5) is 0 Å². The number of nitrogens with one attached hydrogen (secondary N) is 1. The first kappa shape index (κ1) is 15.7. The van der Waals surface area contributed by atoms with E-state index in [9.17, 15) is 18.3 Å². The van der Waals surface area contributed by atoms with E-state index in [1.54, 1.807) is 0 Å². The first-order valence-electron chi connectivity index (χ1n) is 5.90. The van der Waals surface area contributed by atoms with Crippen LogP contribution >= 0.6 is 11.8 Å². The van der Waals surface area contributed by atoms with Crippen molar-refractivity contribution in [3.05, 3.63) is 0 Å². The zero-order chi connectivity index (χ0) is 13.8. The maximum Gasteiger partial charge on any atom is 0.325 e. The Morgan fingerprint density at radius 3 is 2.67 bits per heavy atom. The maximum absolute atomic E-state index is 12.0. The van der Waals surface area contributed by atoms with Gasteiger partial charge in [0.15, 0.2) is 0 Å². The van der Waals surface area contributed by atoms with Crippen molar-refractivity contribution in [3.8, 4) is 0 Å². The summed E-state index contributed by atoms with van der Waals surface area (Å²) < 4.78 is 27.6. The smallest absolute Gasteiger partial charge is 0.325 e. The second-order valence-corrected chi connectivity index (χ2v) is 7.35. The van der Waals surface area contributed by atoms with E-state index in [1.165, 1.54) is 23.1 Å². The molecule has 0 spiro atoms. The van der Waals surface area contributed by atoms with Crippen molar-refractivity contribution < 1.29 is 18.3 Å². The quantitative estimate of drug-likeness (QED) is 0.715. The van der Waals surface area contributed by atoms with Gasteiger partial charge in [0.2, 0.25) is 0 Å². The predicted molar refractivity (Wildman–Crippen MR) is 71.9 cm³/mol. The Morgan fingerprint density at radius 1 is 1.56 bits per heavy atom. The maximum atomic E-state index is 12.0. The summed E-state index contributed by atoms with van der Waals surface area (Å²) >= 11 is 1.45. The molecule has 1 saturated heterocycles. The zero-order valence-electron chi connectivity index (χ0n) is 10.7. The van der Waals surface area contributed by atoms with E-state index in [-0.39, 0.29) is 5.75 Å². The van der Waals surface area contributed by atoms with Crippen LogP contribution in [0, 0.1) is 0 Å². The van der Waals surface area contributed by atoms with E-state index in [1.807, 2.05) is 6.92 Å². The average Bonchev–Trinajstić information content (AvgIpc) is 2.74. The highest BCUT2D eigenvalue weighted by atomic mass is 32.2. The molecule has 1 heterocycles. The van der Waals surface area contributed by atoms with E-state index in [4.69, 9.17) is 0 Å². The second-order valence-electron chi connectivity index (χ2n) is 4.47. The molecule has 0 aliphatic carbocycles. The molecule has 0 saturated carbocycles. The first-order chi connectivity index (χ1) is 8.34. The minimum Gasteiger partial charge on any atom is -0.480 e. The van der Waals surface area contributed by atoms with Crippen LogP contribution in [0.1, 0.15) is 26.2 Å². The third-order valence-corrected chi connectivity index (χ3v) is 5.83. The fourth-order valence-electron chi connectivity index (χ4n) is 1.68. The molecule has 1 aliphatic heterocycles. The van der Waals surface area contributed by atoms with Gasteiger partial charge >= 0.3 is 5.97 Å². The van der Waals surface area contributed by atoms with Gasteiger partial charge in [0.25, 0.3) is 10.2 Å². The summed E-state index contributed by atoms with van der Waals surface area (Å²) in [5.41, 5.74) is -1.34. The Morgan fingerprint density at radius 2 is 2.22 bits per heavy atom. The summed E-state index contributed by atoms with van der Waals surface area (Å²) in [5, 5.41) is 9.23. The lowest BCUT2D eigenvalue weighted by Crippen LogP contribution is -2.57. The van der Waals surface area contributed by atoms with Crippen LogP contribution in [-0.4, -0.2) is 54.4 Å². The first-order valence-corrected chi connectivity index (χ1v) is 8.50. The minimum absolute atomic E-state index is 0.281. The summed E-state index contributed by atoms with van der Waals surface area (Å²) in [6.07, 6.45) is 1.97. The van der Waals surface area contributed by atoms with Gasteiger partial charge in [-0.05, 0) is 18.6 Å². The van der Waals surface area contributed by atoms with Crippen molar-refractivity contribution in [2.75, 3.05) is 25.1 Å². The fraction of sp³-hybridized carbons (Fsp3) is 0.900. The number of rotatable bonds is 7. The van der Waals surface area contributed by atoms with Gasteiger partial charge < -0.3 is 5.11 Å². The molecule has 2 N–H and O–H groups in total. The van der Waals surface area contributed by atoms with Crippen LogP contribution in [-0.2, 0) is 15.0 Å². The molecule has 0 bridgehead atoms. The molecule has 106 valence electrons. The highest BCUT2D eigenvalue weighted by molar-refractivity contribution is 7.99. The molecule has 6 nitrogen and oxygen atoms in total. The van der Waals surface area contributed by atoms with Crippen LogP contribution in [0.15, 0.2) is 0 Å². The molecule has 0 amide bonds. The summed E-state index contributed by atoms with van der Waals surface area (Å²) in [6, 6.07) is 0. The molecular formula is C10H20N2O4S2. The third kappa shape index (κ3) is 3.59. The molecule has 1 aliphatic rings. The summed E-state index contributed by atoms with van der Waals surface area (Å²) in [6.45, 7) is 2.37. The monoisotopic (exact) mass is 296 g/mol. The van der Waals surface area contributed by atoms with E-state index >= 15 is 0 Å². The topological polar surface area (TPSA) is 86.7 Å². The van der Waals surface area contributed by atoms with Crippen molar-refractivity contribution >= 4 is 27.9 Å². The van der Waals surface area contributed by atoms with E-state index in [0.717, 1.165) is 12.8 Å². The van der Waals surface area contributed by atoms with Crippen LogP contribution in [0.2, 0.25) is 0 Å². The van der Waals surface area contributed by atoms with Gasteiger partial charge in [-0.15, -0.1) is 0 Å². The summed E-state index contributed by atoms with van der Waals surface area (Å²) in [4.78, 5) is 11.3. The molecule has 1 fully saturated rings. The van der Waals surface area contributed by atoms with Gasteiger partial charge in [0.1, 0.15) is 5.54 Å². The zero-order valence-corrected chi connectivity index (χ0v) is 12.3. The lowest BCUT2D eigenvalue weighted by atomic mass is 10.0. The largest absolute Gasteiger partial charge is 0.480 e. The van der Waals surface area contributed by atoms with Crippen molar-refractivity contribution in [3.63, 3.8) is 0 Å². The van der Waals surface area contributed by atoms with Gasteiger partial charge in [0.05, 0.1) is 0 Å². The van der Waals surface area contributed by atoms with Crippen LogP contribution < -0.4 is 4.72 Å². The van der Waals surface area contributed by atoms with E-state index in [2.05, 4.69) is 4.72 Å². The Hall–Kier alpha value is -0.310. The van der Waals surface area contributed by atoms with Crippen molar-refractivity contribution in [2.45, 2.75) is 31.7 Å². The Bertz CT molecular complexity index is 391. The van der Waals surface area contributed by atoms with Crippen molar-refractivity contribution in [1.82, 2.24) is 9.03 Å². The molecule has 1 atom stereocenters. The Labute approximate surface area is 112 Å². The minimum atomic E-state index is -3.73. The number of aliphatic carboxylic acids is 1. The van der Waals surface area contributed by atoms with Crippen LogP contribution in [0.25, 0.3) is 0 Å². The number of thioether (sulfide) groups is 1. The molecule has 0 aromatic carbocycles. The number of carbonyl (C=O) groups is 1. The molecule has 18 heavy (non-hydrogen) atoms. The number of unbranched alkanes of at least 4 members (excludes halogenated alkanes) is 1. The van der Waals surface area contributed by atoms with Gasteiger partial charge in [-0.25, -0.2) is 0 Å². The normalized spacial score (nSPS) is 24.6. The van der Waals surface area contributed by atoms with E-state index in [0.29, 0.717) is 18.7 Å². The molecule has 0 radical (unpaired) electrons. The third-order valence-electron chi connectivity index (χ3n) is 2.99. The molecule has 0 aromatic rings. The summed E-state index contributed by atoms with van der Waals surface area (Å²) in [7, 11) is -2.26. The highest BCUT2D eigenvalue weighted by Gasteiger charge is 2.45. The van der Waals surface area contributed by atoms with Gasteiger partial charge in [-0.1, -0.05) is 13.3 Å². The average molecular weight is 296 g/mol. The molecule has 1 rings (SSSR count). The predicted octanol–water partition coefficient (Wildman–Crippen LogP) is 0.513. The van der Waals surface area contributed by atoms with Gasteiger partial charge in [-0.2, -0.15) is 29.2 Å². The number of hydrogen-bond acceptors (Lipinski definition) is 4. The highest BCUT2D eigenvalue weighted by Crippen LogP contribution is 2.29. The number of hydrogen-bond donors (Lipinski definition) is 2. The Balaban J connectivity index is 2.77. The number of carboxylic acids is 1. The van der Waals surface area contributed by atoms with Crippen LogP contribution in [0.3, 0.4) is 0 Å². The fourth-order valence-corrected chi connectivity index (χ4v) is 4.38.